The highest BCUT2D eigenvalue weighted by atomic mass is 16.3. The van der Waals surface area contributed by atoms with E-state index in [1.807, 2.05) is 0 Å². The Balaban J connectivity index is 1.67. The molecule has 2 unspecified atom stereocenters. The predicted octanol–water partition coefficient (Wildman–Crippen LogP) is 4.02. The Morgan fingerprint density at radius 3 is 2.59 bits per heavy atom. The first kappa shape index (κ1) is 15.2. The second-order valence-electron chi connectivity index (χ2n) is 9.30. The summed E-state index contributed by atoms with van der Waals surface area (Å²) >= 11 is 0. The summed E-state index contributed by atoms with van der Waals surface area (Å²) in [5.74, 6) is 3.48. The number of Topliss-reactive ketones (excluding diaryl/α,β-unsaturated/α-hetero) is 1. The third-order valence-corrected chi connectivity index (χ3v) is 8.74. The summed E-state index contributed by atoms with van der Waals surface area (Å²) in [4.78, 5) is 12.0. The van der Waals surface area contributed by atoms with E-state index in [-0.39, 0.29) is 16.9 Å². The molecule has 0 heterocycles. The number of hydrogen-bond acceptors (Lipinski definition) is 2. The highest BCUT2D eigenvalue weighted by Gasteiger charge is 2.61. The average molecular weight is 303 g/mol. The topological polar surface area (TPSA) is 37.3 Å². The predicted molar refractivity (Wildman–Crippen MR) is 87.0 cm³/mol. The van der Waals surface area contributed by atoms with Crippen LogP contribution in [0.25, 0.3) is 0 Å². The highest BCUT2D eigenvalue weighted by molar-refractivity contribution is 5.80. The molecule has 4 fully saturated rings. The summed E-state index contributed by atoms with van der Waals surface area (Å²) in [5.41, 5.74) is 0.414. The number of fused-ring (bicyclic) bond motifs is 5. The number of aliphatic hydroxyl groups excluding tert-OH is 1. The molecule has 123 valence electrons. The molecule has 1 N–H and O–H groups in total. The average Bonchev–Trinajstić information content (AvgIpc) is 2.77. The van der Waals surface area contributed by atoms with Crippen molar-refractivity contribution in [3.05, 3.63) is 6.92 Å². The molecule has 2 heteroatoms. The van der Waals surface area contributed by atoms with Crippen molar-refractivity contribution in [2.45, 2.75) is 71.3 Å². The molecule has 8 atom stereocenters. The maximum atomic E-state index is 12.0. The molecule has 0 aromatic rings. The Kier molecular flexibility index (Phi) is 3.32. The zero-order valence-corrected chi connectivity index (χ0v) is 14.2. The molecule has 22 heavy (non-hydrogen) atoms. The summed E-state index contributed by atoms with van der Waals surface area (Å²) in [7, 11) is 0. The van der Waals surface area contributed by atoms with Crippen molar-refractivity contribution in [1.29, 1.82) is 0 Å². The van der Waals surface area contributed by atoms with Gasteiger partial charge in [0.2, 0.25) is 0 Å². The van der Waals surface area contributed by atoms with E-state index in [1.54, 1.807) is 0 Å². The molecule has 0 aliphatic heterocycles. The zero-order valence-electron chi connectivity index (χ0n) is 14.2. The molecule has 0 aromatic carbocycles. The Hall–Kier alpha value is -0.370. The first-order valence-corrected chi connectivity index (χ1v) is 9.40. The van der Waals surface area contributed by atoms with E-state index < -0.39 is 0 Å². The fourth-order valence-electron chi connectivity index (χ4n) is 7.25. The second kappa shape index (κ2) is 4.82. The smallest absolute Gasteiger partial charge is 0.133 e. The van der Waals surface area contributed by atoms with Crippen molar-refractivity contribution in [2.75, 3.05) is 0 Å². The molecule has 2 nitrogen and oxygen atoms in total. The summed E-state index contributed by atoms with van der Waals surface area (Å²) < 4.78 is 0. The van der Waals surface area contributed by atoms with Crippen molar-refractivity contribution in [3.8, 4) is 0 Å². The largest absolute Gasteiger partial charge is 0.393 e. The van der Waals surface area contributed by atoms with Crippen LogP contribution in [0.5, 0.6) is 0 Å². The maximum absolute atomic E-state index is 12.0. The van der Waals surface area contributed by atoms with Gasteiger partial charge in [0.1, 0.15) is 5.78 Å². The van der Waals surface area contributed by atoms with Crippen LogP contribution in [0.15, 0.2) is 0 Å². The minimum Gasteiger partial charge on any atom is -0.393 e. The molecule has 0 bridgehead atoms. The van der Waals surface area contributed by atoms with E-state index in [4.69, 9.17) is 0 Å². The Labute approximate surface area is 135 Å². The van der Waals surface area contributed by atoms with E-state index in [0.29, 0.717) is 30.0 Å². The van der Waals surface area contributed by atoms with Crippen LogP contribution in [0.2, 0.25) is 0 Å². The van der Waals surface area contributed by atoms with E-state index in [9.17, 15) is 9.90 Å². The summed E-state index contributed by atoms with van der Waals surface area (Å²) in [5, 5.41) is 10.5. The van der Waals surface area contributed by atoms with Gasteiger partial charge in [0.05, 0.1) is 6.10 Å². The number of hydrogen-bond donors (Lipinski definition) is 1. The van der Waals surface area contributed by atoms with Gasteiger partial charge in [-0.3, -0.25) is 4.79 Å². The van der Waals surface area contributed by atoms with Crippen LogP contribution in [0.3, 0.4) is 0 Å². The molecule has 0 spiro atoms. The quantitative estimate of drug-likeness (QED) is 0.734. The van der Waals surface area contributed by atoms with Gasteiger partial charge < -0.3 is 5.11 Å². The minimum absolute atomic E-state index is 0.0903. The van der Waals surface area contributed by atoms with E-state index in [2.05, 4.69) is 20.8 Å². The van der Waals surface area contributed by atoms with Gasteiger partial charge in [-0.25, -0.2) is 0 Å². The van der Waals surface area contributed by atoms with Gasteiger partial charge in [-0.15, -0.1) is 0 Å². The number of carbonyl (C=O) groups is 1. The molecule has 4 aliphatic rings. The van der Waals surface area contributed by atoms with Gasteiger partial charge in [0.15, 0.2) is 0 Å². The standard InChI is InChI=1S/C20H31O2/c1-12-10-14(21)11-13-4-5-15-16-6-7-18(22)19(16,2)9-8-17(15)20(12,13)3/h12-13,15-18,22H,1,4-11H2,2-3H3/t12?,13?,15-,16-,17-,18-,19-,20-/m0/s1. The van der Waals surface area contributed by atoms with Crippen LogP contribution in [0.1, 0.15) is 65.2 Å². The van der Waals surface area contributed by atoms with E-state index in [0.717, 1.165) is 24.7 Å². The lowest BCUT2D eigenvalue weighted by molar-refractivity contribution is -0.151. The summed E-state index contributed by atoms with van der Waals surface area (Å²) in [6.07, 6.45) is 8.50. The highest BCUT2D eigenvalue weighted by Crippen LogP contribution is 2.66. The van der Waals surface area contributed by atoms with E-state index in [1.165, 1.54) is 32.1 Å². The van der Waals surface area contributed by atoms with Crippen LogP contribution in [0, 0.1) is 47.3 Å². The molecule has 0 aromatic heterocycles. The fourth-order valence-corrected chi connectivity index (χ4v) is 7.25. The van der Waals surface area contributed by atoms with Crippen molar-refractivity contribution < 1.29 is 9.90 Å². The lowest BCUT2D eigenvalue weighted by Crippen LogP contribution is -2.56. The monoisotopic (exact) mass is 303 g/mol. The van der Waals surface area contributed by atoms with Gasteiger partial charge in [0, 0.05) is 12.8 Å². The molecule has 0 saturated heterocycles. The van der Waals surface area contributed by atoms with Crippen molar-refractivity contribution in [2.24, 2.45) is 40.4 Å². The molecule has 4 rings (SSSR count). The van der Waals surface area contributed by atoms with Crippen LogP contribution in [-0.2, 0) is 4.79 Å². The molecule has 4 aliphatic carbocycles. The first-order chi connectivity index (χ1) is 10.4. The third-order valence-electron chi connectivity index (χ3n) is 8.74. The van der Waals surface area contributed by atoms with Gasteiger partial charge in [-0.1, -0.05) is 13.8 Å². The Morgan fingerprint density at radius 2 is 1.82 bits per heavy atom. The molecular formula is C20H31O2. The minimum atomic E-state index is -0.0903. The van der Waals surface area contributed by atoms with Gasteiger partial charge in [-0.2, -0.15) is 0 Å². The Morgan fingerprint density at radius 1 is 1.05 bits per heavy atom. The van der Waals surface area contributed by atoms with Crippen LogP contribution in [0.4, 0.5) is 0 Å². The van der Waals surface area contributed by atoms with Gasteiger partial charge in [0.25, 0.3) is 0 Å². The van der Waals surface area contributed by atoms with Crippen LogP contribution < -0.4 is 0 Å². The van der Waals surface area contributed by atoms with Gasteiger partial charge in [-0.05, 0) is 85.9 Å². The second-order valence-corrected chi connectivity index (χ2v) is 9.30. The third kappa shape index (κ3) is 1.79. The molecule has 0 amide bonds. The first-order valence-electron chi connectivity index (χ1n) is 9.40. The summed E-state index contributed by atoms with van der Waals surface area (Å²) in [6, 6.07) is 0. The van der Waals surface area contributed by atoms with E-state index >= 15 is 0 Å². The molecular weight excluding hydrogens is 272 g/mol. The lowest BCUT2D eigenvalue weighted by Gasteiger charge is -2.61. The number of ketones is 1. The van der Waals surface area contributed by atoms with Crippen LogP contribution >= 0.6 is 0 Å². The lowest BCUT2D eigenvalue weighted by atomic mass is 9.43. The molecule has 4 saturated carbocycles. The number of aliphatic hydroxyl groups is 1. The fraction of sp³-hybridized carbons (Fsp3) is 0.900. The van der Waals surface area contributed by atoms with Crippen molar-refractivity contribution >= 4 is 5.78 Å². The van der Waals surface area contributed by atoms with Crippen molar-refractivity contribution in [3.63, 3.8) is 0 Å². The normalized spacial score (nSPS) is 57.9. The number of carbonyl (C=O) groups excluding carboxylic acids is 1. The van der Waals surface area contributed by atoms with Gasteiger partial charge >= 0.3 is 0 Å². The molecule has 1 radical (unpaired) electrons. The van der Waals surface area contributed by atoms with Crippen LogP contribution in [-0.4, -0.2) is 17.0 Å². The van der Waals surface area contributed by atoms with Crippen molar-refractivity contribution in [1.82, 2.24) is 0 Å². The maximum Gasteiger partial charge on any atom is 0.133 e. The summed E-state index contributed by atoms with van der Waals surface area (Å²) in [6.45, 7) is 9.23. The SMILES string of the molecule is [CH2]C1CC(=O)CC2CC[C@@H]3[C@H](CC[C@]4(C)[C@@H](O)CC[C@@H]34)[C@@]12C. The zero-order chi connectivity index (χ0) is 15.7. The number of rotatable bonds is 0. The Bertz CT molecular complexity index is 486.